The monoisotopic (exact) mass is 313 g/mol. The molecule has 0 aliphatic heterocycles. The van der Waals surface area contributed by atoms with E-state index in [9.17, 15) is 9.50 Å². The third kappa shape index (κ3) is 2.68. The summed E-state index contributed by atoms with van der Waals surface area (Å²) in [6.45, 7) is -0.134. The van der Waals surface area contributed by atoms with Crippen LogP contribution in [0.3, 0.4) is 0 Å². The molecule has 0 spiro atoms. The molecule has 1 fully saturated rings. The summed E-state index contributed by atoms with van der Waals surface area (Å²) in [7, 11) is 0. The van der Waals surface area contributed by atoms with Crippen molar-refractivity contribution in [3.63, 3.8) is 0 Å². The van der Waals surface area contributed by atoms with Crippen molar-refractivity contribution < 1.29 is 9.50 Å². The summed E-state index contributed by atoms with van der Waals surface area (Å²) in [6, 6.07) is 5.02. The summed E-state index contributed by atoms with van der Waals surface area (Å²) in [5, 5.41) is 18.4. The van der Waals surface area contributed by atoms with Crippen LogP contribution in [0.25, 0.3) is 0 Å². The van der Waals surface area contributed by atoms with Gasteiger partial charge in [0.1, 0.15) is 12.4 Å². The predicted octanol–water partition coefficient (Wildman–Crippen LogP) is 3.19. The van der Waals surface area contributed by atoms with Crippen LogP contribution in [0.1, 0.15) is 30.3 Å². The van der Waals surface area contributed by atoms with E-state index in [0.717, 1.165) is 12.8 Å². The van der Waals surface area contributed by atoms with Crippen molar-refractivity contribution >= 4 is 23.4 Å². The largest absolute Gasteiger partial charge is 0.388 e. The fraction of sp³-hybridized carbons (Fsp3) is 0.385. The SMILES string of the molecule is OCc1nnc(SCc2c(F)cccc2Cl)n1C1CC1. The van der Waals surface area contributed by atoms with Gasteiger partial charge in [-0.05, 0) is 25.0 Å². The number of rotatable bonds is 5. The van der Waals surface area contributed by atoms with E-state index < -0.39 is 0 Å². The van der Waals surface area contributed by atoms with E-state index in [0.29, 0.717) is 33.4 Å². The molecule has 1 aromatic heterocycles. The van der Waals surface area contributed by atoms with Gasteiger partial charge in [-0.25, -0.2) is 4.39 Å². The van der Waals surface area contributed by atoms with Crippen molar-refractivity contribution in [2.24, 2.45) is 0 Å². The minimum absolute atomic E-state index is 0.134. The second kappa shape index (κ2) is 5.71. The van der Waals surface area contributed by atoms with E-state index in [-0.39, 0.29) is 12.4 Å². The molecule has 0 atom stereocenters. The molecular formula is C13H13ClFN3OS. The molecule has 3 rings (SSSR count). The Morgan fingerprint density at radius 3 is 2.85 bits per heavy atom. The molecule has 0 saturated heterocycles. The molecule has 0 radical (unpaired) electrons. The van der Waals surface area contributed by atoms with Crippen LogP contribution >= 0.6 is 23.4 Å². The molecule has 0 bridgehead atoms. The zero-order valence-corrected chi connectivity index (χ0v) is 12.2. The molecule has 1 heterocycles. The van der Waals surface area contributed by atoms with Crippen molar-refractivity contribution in [3.8, 4) is 0 Å². The Morgan fingerprint density at radius 2 is 2.20 bits per heavy atom. The van der Waals surface area contributed by atoms with Crippen molar-refractivity contribution in [1.29, 1.82) is 0 Å². The fourth-order valence-corrected chi connectivity index (χ4v) is 3.39. The van der Waals surface area contributed by atoms with E-state index in [1.54, 1.807) is 12.1 Å². The van der Waals surface area contributed by atoms with Crippen molar-refractivity contribution in [1.82, 2.24) is 14.8 Å². The van der Waals surface area contributed by atoms with Crippen LogP contribution in [0.2, 0.25) is 5.02 Å². The summed E-state index contributed by atoms with van der Waals surface area (Å²) < 4.78 is 15.7. The van der Waals surface area contributed by atoms with Crippen LogP contribution in [-0.2, 0) is 12.4 Å². The number of nitrogens with zero attached hydrogens (tertiary/aromatic N) is 3. The average molecular weight is 314 g/mol. The molecule has 1 N–H and O–H groups in total. The van der Waals surface area contributed by atoms with Crippen LogP contribution in [0.15, 0.2) is 23.4 Å². The first kappa shape index (κ1) is 13.9. The normalized spacial score (nSPS) is 14.8. The van der Waals surface area contributed by atoms with E-state index >= 15 is 0 Å². The van der Waals surface area contributed by atoms with Gasteiger partial charge in [-0.3, -0.25) is 0 Å². The van der Waals surface area contributed by atoms with Crippen LogP contribution in [0.5, 0.6) is 0 Å². The predicted molar refractivity (Wildman–Crippen MR) is 75.2 cm³/mol. The standard InChI is InChI=1S/C13H13ClFN3OS/c14-10-2-1-3-11(15)9(10)7-20-13-17-16-12(6-19)18(13)8-4-5-8/h1-3,8,19H,4-7H2. The van der Waals surface area contributed by atoms with Gasteiger partial charge in [0.15, 0.2) is 11.0 Å². The molecular weight excluding hydrogens is 301 g/mol. The Kier molecular flexibility index (Phi) is 3.96. The van der Waals surface area contributed by atoms with Crippen molar-refractivity contribution in [3.05, 3.63) is 40.4 Å². The number of aromatic nitrogens is 3. The van der Waals surface area contributed by atoms with Gasteiger partial charge in [-0.2, -0.15) is 0 Å². The lowest BCUT2D eigenvalue weighted by molar-refractivity contribution is 0.263. The molecule has 1 aliphatic carbocycles. The summed E-state index contributed by atoms with van der Waals surface area (Å²) >= 11 is 7.39. The zero-order chi connectivity index (χ0) is 14.1. The number of thioether (sulfide) groups is 1. The first-order valence-corrected chi connectivity index (χ1v) is 7.67. The zero-order valence-electron chi connectivity index (χ0n) is 10.6. The highest BCUT2D eigenvalue weighted by Crippen LogP contribution is 2.39. The molecule has 4 nitrogen and oxygen atoms in total. The first-order valence-electron chi connectivity index (χ1n) is 6.31. The number of benzene rings is 1. The average Bonchev–Trinajstić information content (AvgIpc) is 3.19. The molecule has 1 aromatic carbocycles. The third-order valence-electron chi connectivity index (χ3n) is 3.20. The summed E-state index contributed by atoms with van der Waals surface area (Å²) in [4.78, 5) is 0. The van der Waals surface area contributed by atoms with Gasteiger partial charge in [-0.1, -0.05) is 29.4 Å². The van der Waals surface area contributed by atoms with Gasteiger partial charge in [0.05, 0.1) is 0 Å². The number of halogens is 2. The summed E-state index contributed by atoms with van der Waals surface area (Å²) in [5.74, 6) is 0.640. The Morgan fingerprint density at radius 1 is 1.40 bits per heavy atom. The second-order valence-electron chi connectivity index (χ2n) is 4.65. The Balaban J connectivity index is 1.80. The number of hydrogen-bond donors (Lipinski definition) is 1. The topological polar surface area (TPSA) is 50.9 Å². The van der Waals surface area contributed by atoms with Gasteiger partial charge < -0.3 is 9.67 Å². The Hall–Kier alpha value is -1.11. The van der Waals surface area contributed by atoms with Gasteiger partial charge in [0.25, 0.3) is 0 Å². The Labute approximate surface area is 125 Å². The molecule has 0 unspecified atom stereocenters. The number of aliphatic hydroxyl groups is 1. The van der Waals surface area contributed by atoms with Crippen LogP contribution < -0.4 is 0 Å². The highest BCUT2D eigenvalue weighted by molar-refractivity contribution is 7.98. The number of aliphatic hydroxyl groups excluding tert-OH is 1. The lowest BCUT2D eigenvalue weighted by Crippen LogP contribution is -2.03. The van der Waals surface area contributed by atoms with Crippen LogP contribution in [-0.4, -0.2) is 19.9 Å². The van der Waals surface area contributed by atoms with Gasteiger partial charge in [0.2, 0.25) is 0 Å². The minimum atomic E-state index is -0.315. The van der Waals surface area contributed by atoms with Crippen LogP contribution in [0.4, 0.5) is 4.39 Å². The van der Waals surface area contributed by atoms with Gasteiger partial charge in [-0.15, -0.1) is 10.2 Å². The molecule has 1 aliphatic rings. The van der Waals surface area contributed by atoms with E-state index in [1.807, 2.05) is 4.57 Å². The summed E-state index contributed by atoms with van der Waals surface area (Å²) in [5.41, 5.74) is 0.468. The van der Waals surface area contributed by atoms with E-state index in [2.05, 4.69) is 10.2 Å². The molecule has 0 amide bonds. The van der Waals surface area contributed by atoms with Crippen molar-refractivity contribution in [2.75, 3.05) is 0 Å². The van der Waals surface area contributed by atoms with Gasteiger partial charge >= 0.3 is 0 Å². The lowest BCUT2D eigenvalue weighted by Gasteiger charge is -2.08. The van der Waals surface area contributed by atoms with E-state index in [4.69, 9.17) is 11.6 Å². The smallest absolute Gasteiger partial charge is 0.191 e. The number of hydrogen-bond acceptors (Lipinski definition) is 4. The molecule has 20 heavy (non-hydrogen) atoms. The first-order chi connectivity index (χ1) is 9.70. The minimum Gasteiger partial charge on any atom is -0.388 e. The molecule has 2 aromatic rings. The van der Waals surface area contributed by atoms with Crippen molar-refractivity contribution in [2.45, 2.75) is 36.4 Å². The highest BCUT2D eigenvalue weighted by atomic mass is 35.5. The molecule has 1 saturated carbocycles. The fourth-order valence-electron chi connectivity index (χ4n) is 2.02. The maximum atomic E-state index is 13.7. The molecule has 106 valence electrons. The van der Waals surface area contributed by atoms with Crippen LogP contribution in [0, 0.1) is 5.82 Å². The van der Waals surface area contributed by atoms with E-state index in [1.165, 1.54) is 17.8 Å². The lowest BCUT2D eigenvalue weighted by atomic mass is 10.2. The second-order valence-corrected chi connectivity index (χ2v) is 6.00. The maximum Gasteiger partial charge on any atom is 0.191 e. The Bertz CT molecular complexity index is 610. The third-order valence-corrected chi connectivity index (χ3v) is 4.52. The van der Waals surface area contributed by atoms with Gasteiger partial charge in [0, 0.05) is 22.4 Å². The highest BCUT2D eigenvalue weighted by Gasteiger charge is 2.29. The maximum absolute atomic E-state index is 13.7. The molecule has 7 heteroatoms. The quantitative estimate of drug-likeness (QED) is 0.861. The summed E-state index contributed by atoms with van der Waals surface area (Å²) in [6.07, 6.45) is 2.14.